The third-order valence-corrected chi connectivity index (χ3v) is 11.5. The molecule has 8 nitrogen and oxygen atoms in total. The van der Waals surface area contributed by atoms with E-state index in [9.17, 15) is 10.2 Å². The summed E-state index contributed by atoms with van der Waals surface area (Å²) in [4.78, 5) is 4.19. The summed E-state index contributed by atoms with van der Waals surface area (Å²) in [6.07, 6.45) is 0. The van der Waals surface area contributed by atoms with Gasteiger partial charge in [0.1, 0.15) is 11.5 Å². The van der Waals surface area contributed by atoms with Gasteiger partial charge in [-0.3, -0.25) is 0 Å². The average Bonchev–Trinajstić information content (AvgIpc) is 4.08. The summed E-state index contributed by atoms with van der Waals surface area (Å²) in [6.45, 7) is 8.99. The normalized spacial score (nSPS) is 12.5. The second-order valence-electron chi connectivity index (χ2n) is 15.1. The molecular formula is C53H44N6O2Pt. The molecule has 0 aliphatic carbocycles. The Morgan fingerprint density at radius 3 is 1.52 bits per heavy atom. The molecule has 0 atom stereocenters. The number of aromatic nitrogens is 2. The van der Waals surface area contributed by atoms with Crippen LogP contribution in [0.1, 0.15) is 12.5 Å². The summed E-state index contributed by atoms with van der Waals surface area (Å²) in [5.41, 5.74) is 12.7. The molecule has 4 N–H and O–H groups in total. The van der Waals surface area contributed by atoms with Gasteiger partial charge in [-0.1, -0.05) is 97.1 Å². The Hall–Kier alpha value is -7.15. The van der Waals surface area contributed by atoms with Crippen LogP contribution in [0.4, 0.5) is 28.4 Å². The van der Waals surface area contributed by atoms with E-state index < -0.39 is 0 Å². The van der Waals surface area contributed by atoms with Crippen molar-refractivity contribution in [3.63, 3.8) is 0 Å². The summed E-state index contributed by atoms with van der Waals surface area (Å²) < 4.78 is 4.40. The van der Waals surface area contributed by atoms with Crippen molar-refractivity contribution in [3.05, 3.63) is 201 Å². The van der Waals surface area contributed by atoms with Crippen LogP contribution in [-0.2, 0) is 21.1 Å². The van der Waals surface area contributed by atoms with E-state index in [-0.39, 0.29) is 26.8 Å². The maximum atomic E-state index is 11.0. The largest absolute Gasteiger partial charge is 2.00 e. The molecule has 10 aromatic rings. The van der Waals surface area contributed by atoms with Crippen molar-refractivity contribution in [3.8, 4) is 22.9 Å². The number of aryl methyl sites for hydroxylation is 1. The molecule has 0 radical (unpaired) electrons. The van der Waals surface area contributed by atoms with Crippen molar-refractivity contribution in [1.29, 1.82) is 0 Å². The summed E-state index contributed by atoms with van der Waals surface area (Å²) in [7, 11) is 0. The molecule has 0 fully saturated rings. The van der Waals surface area contributed by atoms with Gasteiger partial charge < -0.3 is 39.8 Å². The maximum absolute atomic E-state index is 11.0. The zero-order valence-electron chi connectivity index (χ0n) is 34.2. The summed E-state index contributed by atoms with van der Waals surface area (Å²) in [6, 6.07) is 61.5. The molecule has 308 valence electrons. The van der Waals surface area contributed by atoms with E-state index in [4.69, 9.17) is 0 Å². The third kappa shape index (κ3) is 7.16. The van der Waals surface area contributed by atoms with Gasteiger partial charge in [0, 0.05) is 67.8 Å². The minimum atomic E-state index is 0. The van der Waals surface area contributed by atoms with Crippen molar-refractivity contribution in [2.75, 3.05) is 27.0 Å². The van der Waals surface area contributed by atoms with Crippen LogP contribution in [0.15, 0.2) is 182 Å². The molecule has 0 spiro atoms. The van der Waals surface area contributed by atoms with E-state index >= 15 is 0 Å². The molecule has 62 heavy (non-hydrogen) atoms. The van der Waals surface area contributed by atoms with Gasteiger partial charge >= 0.3 is 21.1 Å². The minimum absolute atomic E-state index is 0. The van der Waals surface area contributed by atoms with Crippen molar-refractivity contribution in [2.45, 2.75) is 13.8 Å². The number of hydrogen-bond acceptors (Lipinski definition) is 6. The van der Waals surface area contributed by atoms with Gasteiger partial charge in [-0.25, -0.2) is 0 Å². The van der Waals surface area contributed by atoms with Gasteiger partial charge in [-0.2, -0.15) is 13.3 Å². The van der Waals surface area contributed by atoms with Gasteiger partial charge in [0.05, 0.1) is 27.8 Å². The predicted molar refractivity (Wildman–Crippen MR) is 254 cm³/mol. The van der Waals surface area contributed by atoms with Crippen LogP contribution in [0.3, 0.4) is 0 Å². The monoisotopic (exact) mass is 991 g/mol. The van der Waals surface area contributed by atoms with Crippen molar-refractivity contribution < 1.29 is 31.3 Å². The van der Waals surface area contributed by atoms with E-state index in [0.29, 0.717) is 5.75 Å². The molecule has 2 aliphatic rings. The second kappa shape index (κ2) is 17.1. The van der Waals surface area contributed by atoms with Crippen LogP contribution in [0.2, 0.25) is 0 Å². The molecule has 0 saturated carbocycles. The Morgan fingerprint density at radius 1 is 0.452 bits per heavy atom. The molecule has 2 aliphatic heterocycles. The summed E-state index contributed by atoms with van der Waals surface area (Å²) in [5, 5.41) is 32.2. The molecule has 9 heteroatoms. The number of phenols is 2. The Balaban J connectivity index is 0.000000130. The topological polar surface area (TPSA) is 80.9 Å². The minimum Gasteiger partial charge on any atom is -0.515 e. The summed E-state index contributed by atoms with van der Waals surface area (Å²) >= 11 is 0. The second-order valence-corrected chi connectivity index (χ2v) is 15.1. The SMILES string of the molecule is CCN1[CH-]Nc2ccccc21.Cc1cc2c3ccccc3n(-c3ccccc3)c2cc1O.Oc1cc2c(cc1N1[CH-]Nc3ccccc31)c1ccccc1n2-c1ccccc1.[Pt+2]. The molecule has 0 bridgehead atoms. The van der Waals surface area contributed by atoms with Gasteiger partial charge in [-0.15, -0.1) is 0 Å². The Kier molecular flexibility index (Phi) is 11.1. The fourth-order valence-electron chi connectivity index (χ4n) is 8.54. The van der Waals surface area contributed by atoms with Crippen molar-refractivity contribution in [2.24, 2.45) is 0 Å². The van der Waals surface area contributed by atoms with Gasteiger partial charge in [0.2, 0.25) is 0 Å². The van der Waals surface area contributed by atoms with E-state index in [1.165, 1.54) is 22.1 Å². The number of aromatic hydroxyl groups is 2. The number of benzene rings is 8. The number of phenolic OH excluding ortho intramolecular Hbond substituents is 2. The first-order chi connectivity index (χ1) is 30.0. The van der Waals surface area contributed by atoms with E-state index in [0.717, 1.165) is 73.4 Å². The first kappa shape index (κ1) is 40.3. The fraction of sp³-hybridized carbons (Fsp3) is 0.0566. The van der Waals surface area contributed by atoms with Gasteiger partial charge in [-0.05, 0) is 98.8 Å². The molecule has 0 saturated heterocycles. The van der Waals surface area contributed by atoms with Gasteiger partial charge in [0.15, 0.2) is 0 Å². The number of fused-ring (bicyclic) bond motifs is 8. The number of hydrogen-bond donors (Lipinski definition) is 4. The van der Waals surface area contributed by atoms with Crippen molar-refractivity contribution >= 4 is 72.0 Å². The Morgan fingerprint density at radius 2 is 0.919 bits per heavy atom. The van der Waals surface area contributed by atoms with Crippen LogP contribution in [0, 0.1) is 20.3 Å². The molecule has 4 heterocycles. The molecule has 0 unspecified atom stereocenters. The Bertz CT molecular complexity index is 3200. The smallest absolute Gasteiger partial charge is 0.515 e. The molecule has 12 rings (SSSR count). The quantitative estimate of drug-likeness (QED) is 0.132. The van der Waals surface area contributed by atoms with Crippen LogP contribution in [0.5, 0.6) is 11.5 Å². The zero-order chi connectivity index (χ0) is 41.5. The molecule has 2 aromatic heterocycles. The first-order valence-corrected chi connectivity index (χ1v) is 20.5. The number of para-hydroxylation sites is 8. The van der Waals surface area contributed by atoms with E-state index in [2.05, 4.69) is 129 Å². The number of nitrogens with zero attached hydrogens (tertiary/aromatic N) is 4. The van der Waals surface area contributed by atoms with Gasteiger partial charge in [0.25, 0.3) is 0 Å². The maximum Gasteiger partial charge on any atom is 2.00 e. The van der Waals surface area contributed by atoms with Crippen LogP contribution in [-0.4, -0.2) is 25.9 Å². The van der Waals surface area contributed by atoms with Crippen LogP contribution < -0.4 is 20.4 Å². The van der Waals surface area contributed by atoms with Crippen LogP contribution in [0.25, 0.3) is 55.0 Å². The standard InChI is InChI=1S/C25H18N3O.C19H15NO.C9H11N2.Pt/c29-25-15-23-19(14-24(25)27-16-26-20-11-5-7-13-22(20)27)18-10-4-6-12-21(18)28(23)17-8-2-1-3-9-17;1-13-11-16-15-9-5-6-10-17(15)20(18(16)12-19(13)21)14-7-3-2-4-8-14;1-2-11-7-10-8-5-3-4-6-9(8)11;/h1-16,26,29H;2-12,21H,1H3;3-7,10H,2H2,1H3;/q-1;;-1;+2. The predicted octanol–water partition coefficient (Wildman–Crippen LogP) is 13.0. The molecule has 0 amide bonds. The van der Waals surface area contributed by atoms with E-state index in [1.54, 1.807) is 0 Å². The fourth-order valence-corrected chi connectivity index (χ4v) is 8.54. The first-order valence-electron chi connectivity index (χ1n) is 20.5. The third-order valence-electron chi connectivity index (χ3n) is 11.5. The van der Waals surface area contributed by atoms with Crippen molar-refractivity contribution in [1.82, 2.24) is 9.13 Å². The number of anilines is 5. The number of rotatable bonds is 4. The zero-order valence-corrected chi connectivity index (χ0v) is 36.5. The Labute approximate surface area is 375 Å². The average molecular weight is 992 g/mol. The molecular weight excluding hydrogens is 948 g/mol. The van der Waals surface area contributed by atoms with Crippen LogP contribution >= 0.6 is 0 Å². The number of nitrogens with one attached hydrogen (secondary N) is 2. The summed E-state index contributed by atoms with van der Waals surface area (Å²) in [5.74, 6) is 0.578. The molecule has 8 aromatic carbocycles. The van der Waals surface area contributed by atoms with E-state index in [1.807, 2.05) is 110 Å².